The summed E-state index contributed by atoms with van der Waals surface area (Å²) in [7, 11) is 0. The smallest absolute Gasteiger partial charge is 0.398 e. The Kier molecular flexibility index (Phi) is 2.99. The minimum Gasteiger partial charge on any atom is -0.398 e. The van der Waals surface area contributed by atoms with Gasteiger partial charge in [-0.05, 0) is 24.3 Å². The molecule has 4 nitrogen and oxygen atoms in total. The zero-order chi connectivity index (χ0) is 16.9. The number of hydrogen-bond donors (Lipinski definition) is 2. The first kappa shape index (κ1) is 14.5. The predicted molar refractivity (Wildman–Crippen MR) is 86.2 cm³/mol. The average molecular weight is 328 g/mol. The topological polar surface area (TPSA) is 67.6 Å². The molecule has 0 aliphatic rings. The molecular weight excluding hydrogens is 317 g/mol. The highest BCUT2D eigenvalue weighted by Crippen LogP contribution is 2.33. The Hall–Kier alpha value is -3.09. The van der Waals surface area contributed by atoms with Gasteiger partial charge in [-0.2, -0.15) is 13.2 Å². The molecule has 24 heavy (non-hydrogen) atoms. The second-order valence-electron chi connectivity index (χ2n) is 5.42. The van der Waals surface area contributed by atoms with Gasteiger partial charge in [0, 0.05) is 11.6 Å². The van der Waals surface area contributed by atoms with E-state index in [2.05, 4.69) is 15.0 Å². The fraction of sp³-hybridized carbons (Fsp3) is 0.0588. The number of anilines is 1. The van der Waals surface area contributed by atoms with Gasteiger partial charge in [0.05, 0.1) is 33.4 Å². The van der Waals surface area contributed by atoms with E-state index in [0.717, 1.165) is 23.0 Å². The van der Waals surface area contributed by atoms with Gasteiger partial charge in [-0.25, -0.2) is 4.98 Å². The molecule has 0 amide bonds. The first-order valence-corrected chi connectivity index (χ1v) is 7.14. The summed E-state index contributed by atoms with van der Waals surface area (Å²) in [6, 6.07) is 10.8. The number of pyridine rings is 1. The van der Waals surface area contributed by atoms with E-state index in [9.17, 15) is 13.2 Å². The van der Waals surface area contributed by atoms with Crippen molar-refractivity contribution < 1.29 is 13.2 Å². The van der Waals surface area contributed by atoms with Crippen molar-refractivity contribution in [3.8, 4) is 11.4 Å². The maximum absolute atomic E-state index is 12.8. The van der Waals surface area contributed by atoms with E-state index in [-0.39, 0.29) is 5.52 Å². The van der Waals surface area contributed by atoms with E-state index in [0.29, 0.717) is 22.6 Å². The van der Waals surface area contributed by atoms with Crippen LogP contribution in [0.25, 0.3) is 33.3 Å². The van der Waals surface area contributed by atoms with Crippen molar-refractivity contribution >= 4 is 27.6 Å². The minimum absolute atomic E-state index is 0.229. The van der Waals surface area contributed by atoms with Crippen LogP contribution in [0.2, 0.25) is 0 Å². The van der Waals surface area contributed by atoms with Gasteiger partial charge in [0.2, 0.25) is 0 Å². The Morgan fingerprint density at radius 1 is 1.00 bits per heavy atom. The Labute approximate surface area is 134 Å². The Balaban J connectivity index is 1.89. The summed E-state index contributed by atoms with van der Waals surface area (Å²) >= 11 is 0. The van der Waals surface area contributed by atoms with Crippen molar-refractivity contribution in [2.45, 2.75) is 6.18 Å². The van der Waals surface area contributed by atoms with Crippen LogP contribution in [0.4, 0.5) is 18.9 Å². The number of nitrogen functional groups attached to an aromatic ring is 1. The van der Waals surface area contributed by atoms with Crippen molar-refractivity contribution in [2.24, 2.45) is 0 Å². The Morgan fingerprint density at radius 2 is 1.79 bits per heavy atom. The molecule has 0 radical (unpaired) electrons. The Bertz CT molecular complexity index is 1070. The molecule has 0 fully saturated rings. The van der Waals surface area contributed by atoms with Crippen molar-refractivity contribution in [1.29, 1.82) is 0 Å². The summed E-state index contributed by atoms with van der Waals surface area (Å²) in [5.74, 6) is 0.389. The van der Waals surface area contributed by atoms with Crippen LogP contribution in [0.3, 0.4) is 0 Å². The number of H-pyrrole nitrogens is 1. The number of alkyl halides is 3. The summed E-state index contributed by atoms with van der Waals surface area (Å²) in [5.41, 5.74) is 7.97. The fourth-order valence-electron chi connectivity index (χ4n) is 2.66. The van der Waals surface area contributed by atoms with Gasteiger partial charge in [0.25, 0.3) is 0 Å². The zero-order valence-electron chi connectivity index (χ0n) is 12.2. The lowest BCUT2D eigenvalue weighted by Crippen LogP contribution is -2.04. The standard InChI is InChI=1S/C17H11F3N4/c18-17(19,20)9-5-6-13-14(7-9)24-16(23-13)11-8-22-12-4-2-1-3-10(12)15(11)21/h1-8H,(H2,21,22)(H,23,24). The molecule has 2 heterocycles. The van der Waals surface area contributed by atoms with Crippen LogP contribution in [0.5, 0.6) is 0 Å². The monoisotopic (exact) mass is 328 g/mol. The summed E-state index contributed by atoms with van der Waals surface area (Å²) in [4.78, 5) is 11.6. The maximum atomic E-state index is 12.8. The first-order chi connectivity index (χ1) is 11.4. The van der Waals surface area contributed by atoms with Crippen LogP contribution in [-0.2, 0) is 6.18 Å². The van der Waals surface area contributed by atoms with E-state index < -0.39 is 11.7 Å². The van der Waals surface area contributed by atoms with Gasteiger partial charge in [-0.1, -0.05) is 18.2 Å². The molecule has 2 aromatic heterocycles. The molecule has 0 atom stereocenters. The lowest BCUT2D eigenvalue weighted by molar-refractivity contribution is -0.137. The third-order valence-electron chi connectivity index (χ3n) is 3.88. The average Bonchev–Trinajstić information content (AvgIpc) is 2.97. The number of nitrogens with zero attached hydrogens (tertiary/aromatic N) is 2. The second-order valence-corrected chi connectivity index (χ2v) is 5.42. The van der Waals surface area contributed by atoms with Crippen LogP contribution < -0.4 is 5.73 Å². The summed E-state index contributed by atoms with van der Waals surface area (Å²) in [6.07, 6.45) is -2.84. The third kappa shape index (κ3) is 2.25. The number of aromatic amines is 1. The molecular formula is C17H11F3N4. The normalized spacial score (nSPS) is 12.1. The fourth-order valence-corrected chi connectivity index (χ4v) is 2.66. The number of imidazole rings is 1. The van der Waals surface area contributed by atoms with E-state index in [1.165, 1.54) is 6.07 Å². The van der Waals surface area contributed by atoms with Crippen molar-refractivity contribution in [1.82, 2.24) is 15.0 Å². The molecule has 0 aliphatic heterocycles. The number of para-hydroxylation sites is 1. The second kappa shape index (κ2) is 4.95. The molecule has 4 rings (SSSR count). The minimum atomic E-state index is -4.41. The quantitative estimate of drug-likeness (QED) is 0.545. The van der Waals surface area contributed by atoms with Crippen molar-refractivity contribution in [3.05, 3.63) is 54.2 Å². The van der Waals surface area contributed by atoms with Crippen molar-refractivity contribution in [3.63, 3.8) is 0 Å². The molecule has 0 aliphatic carbocycles. The van der Waals surface area contributed by atoms with Crippen molar-refractivity contribution in [2.75, 3.05) is 5.73 Å². The molecule has 0 unspecified atom stereocenters. The third-order valence-corrected chi connectivity index (χ3v) is 3.88. The molecule has 2 aromatic carbocycles. The van der Waals surface area contributed by atoms with Gasteiger partial charge < -0.3 is 10.7 Å². The number of fused-ring (bicyclic) bond motifs is 2. The molecule has 0 bridgehead atoms. The lowest BCUT2D eigenvalue weighted by Gasteiger charge is -2.05. The van der Waals surface area contributed by atoms with E-state index in [1.54, 1.807) is 6.20 Å². The van der Waals surface area contributed by atoms with Gasteiger partial charge in [-0.15, -0.1) is 0 Å². The van der Waals surface area contributed by atoms with Gasteiger partial charge in [0.1, 0.15) is 5.82 Å². The first-order valence-electron chi connectivity index (χ1n) is 7.14. The molecule has 3 N–H and O–H groups in total. The lowest BCUT2D eigenvalue weighted by atomic mass is 10.1. The van der Waals surface area contributed by atoms with Gasteiger partial charge >= 0.3 is 6.18 Å². The highest BCUT2D eigenvalue weighted by Gasteiger charge is 2.30. The van der Waals surface area contributed by atoms with Crippen LogP contribution in [0, 0.1) is 0 Å². The van der Waals surface area contributed by atoms with Crippen LogP contribution >= 0.6 is 0 Å². The highest BCUT2D eigenvalue weighted by molar-refractivity contribution is 5.97. The van der Waals surface area contributed by atoms with Crippen LogP contribution in [-0.4, -0.2) is 15.0 Å². The van der Waals surface area contributed by atoms with Crippen LogP contribution in [0.15, 0.2) is 48.7 Å². The maximum Gasteiger partial charge on any atom is 0.416 e. The van der Waals surface area contributed by atoms with Gasteiger partial charge in [0.15, 0.2) is 0 Å². The number of rotatable bonds is 1. The van der Waals surface area contributed by atoms with E-state index in [4.69, 9.17) is 5.73 Å². The van der Waals surface area contributed by atoms with E-state index >= 15 is 0 Å². The predicted octanol–water partition coefficient (Wildman–Crippen LogP) is 4.38. The molecule has 4 aromatic rings. The molecule has 7 heteroatoms. The number of aromatic nitrogens is 3. The summed E-state index contributed by atoms with van der Waals surface area (Å²) in [6.45, 7) is 0. The Morgan fingerprint density at radius 3 is 2.58 bits per heavy atom. The molecule has 0 saturated heterocycles. The number of benzene rings is 2. The number of nitrogens with one attached hydrogen (secondary N) is 1. The summed E-state index contributed by atoms with van der Waals surface area (Å²) in [5, 5.41) is 0.770. The summed E-state index contributed by atoms with van der Waals surface area (Å²) < 4.78 is 38.4. The molecule has 120 valence electrons. The zero-order valence-corrected chi connectivity index (χ0v) is 12.2. The van der Waals surface area contributed by atoms with Gasteiger partial charge in [-0.3, -0.25) is 4.98 Å². The number of nitrogens with two attached hydrogens (primary N) is 1. The molecule has 0 spiro atoms. The number of halogens is 3. The SMILES string of the molecule is Nc1c(-c2nc3cc(C(F)(F)F)ccc3[nH]2)cnc2ccccc12. The number of hydrogen-bond acceptors (Lipinski definition) is 3. The molecule has 0 saturated carbocycles. The van der Waals surface area contributed by atoms with Crippen LogP contribution in [0.1, 0.15) is 5.56 Å². The highest BCUT2D eigenvalue weighted by atomic mass is 19.4. The largest absolute Gasteiger partial charge is 0.416 e. The van der Waals surface area contributed by atoms with E-state index in [1.807, 2.05) is 24.3 Å².